The zero-order valence-corrected chi connectivity index (χ0v) is 13.9. The number of carbonyl (C=O) groups is 1. The Bertz CT molecular complexity index is 1070. The number of aromatic nitrogens is 4. The summed E-state index contributed by atoms with van der Waals surface area (Å²) >= 11 is 0. The Morgan fingerprint density at radius 3 is 2.78 bits per heavy atom. The van der Waals surface area contributed by atoms with Crippen LogP contribution in [0, 0.1) is 0 Å². The van der Waals surface area contributed by atoms with Gasteiger partial charge in [-0.1, -0.05) is 5.16 Å². The molecule has 0 atom stereocenters. The van der Waals surface area contributed by atoms with Gasteiger partial charge in [0.15, 0.2) is 5.76 Å². The van der Waals surface area contributed by atoms with Crippen LogP contribution in [0.15, 0.2) is 64.0 Å². The first-order chi connectivity index (χ1) is 13.2. The summed E-state index contributed by atoms with van der Waals surface area (Å²) in [4.78, 5) is 23.8. The van der Waals surface area contributed by atoms with Gasteiger partial charge in [0.05, 0.1) is 29.8 Å². The van der Waals surface area contributed by atoms with Crippen molar-refractivity contribution in [3.8, 4) is 22.9 Å². The second-order valence-electron chi connectivity index (χ2n) is 5.51. The molecule has 0 aromatic carbocycles. The number of carboxylic acid groups (broad SMARTS) is 1. The lowest BCUT2D eigenvalue weighted by atomic mass is 10.2. The summed E-state index contributed by atoms with van der Waals surface area (Å²) in [5.41, 5.74) is 1.75. The standard InChI is InChI=1S/C18H13N5O4/c24-17(25)11-3-5-19-14(8-11)13-4-6-20-18(22-13)21-10-12-9-16(27-23-12)15-2-1-7-26-15/h1-9H,10H2,(H,24,25)(H,20,21,22). The normalized spacial score (nSPS) is 10.7. The predicted molar refractivity (Wildman–Crippen MR) is 93.8 cm³/mol. The van der Waals surface area contributed by atoms with E-state index in [1.165, 1.54) is 18.3 Å². The van der Waals surface area contributed by atoms with Crippen molar-refractivity contribution < 1.29 is 18.8 Å². The maximum Gasteiger partial charge on any atom is 0.335 e. The van der Waals surface area contributed by atoms with Crippen LogP contribution < -0.4 is 5.32 Å². The average molecular weight is 363 g/mol. The molecule has 0 bridgehead atoms. The molecule has 4 aromatic rings. The molecule has 9 heteroatoms. The SMILES string of the molecule is O=C(O)c1ccnc(-c2ccnc(NCc3cc(-c4ccco4)on3)n2)c1. The fourth-order valence-electron chi connectivity index (χ4n) is 2.39. The predicted octanol–water partition coefficient (Wildman–Crippen LogP) is 3.10. The van der Waals surface area contributed by atoms with E-state index < -0.39 is 5.97 Å². The number of aromatic carboxylic acids is 1. The molecular formula is C18H13N5O4. The second kappa shape index (κ2) is 7.08. The highest BCUT2D eigenvalue weighted by Crippen LogP contribution is 2.21. The number of rotatable bonds is 6. The zero-order chi connectivity index (χ0) is 18.6. The quantitative estimate of drug-likeness (QED) is 0.531. The minimum atomic E-state index is -1.02. The third kappa shape index (κ3) is 3.66. The zero-order valence-electron chi connectivity index (χ0n) is 13.9. The molecule has 0 amide bonds. The molecule has 4 heterocycles. The number of hydrogen-bond acceptors (Lipinski definition) is 8. The number of anilines is 1. The molecule has 0 radical (unpaired) electrons. The van der Waals surface area contributed by atoms with E-state index in [4.69, 9.17) is 14.0 Å². The molecule has 134 valence electrons. The van der Waals surface area contributed by atoms with E-state index in [-0.39, 0.29) is 5.56 Å². The van der Waals surface area contributed by atoms with E-state index in [9.17, 15) is 4.79 Å². The highest BCUT2D eigenvalue weighted by Gasteiger charge is 2.11. The number of nitrogens with one attached hydrogen (secondary N) is 1. The van der Waals surface area contributed by atoms with Crippen LogP contribution in [0.4, 0.5) is 5.95 Å². The fourth-order valence-corrected chi connectivity index (χ4v) is 2.39. The van der Waals surface area contributed by atoms with Gasteiger partial charge in [0.1, 0.15) is 5.69 Å². The number of hydrogen-bond donors (Lipinski definition) is 2. The monoisotopic (exact) mass is 363 g/mol. The highest BCUT2D eigenvalue weighted by molar-refractivity contribution is 5.88. The van der Waals surface area contributed by atoms with Crippen LogP contribution in [0.2, 0.25) is 0 Å². The first-order valence-corrected chi connectivity index (χ1v) is 7.95. The molecule has 0 saturated heterocycles. The van der Waals surface area contributed by atoms with Crippen LogP contribution in [0.3, 0.4) is 0 Å². The van der Waals surface area contributed by atoms with E-state index in [1.807, 2.05) is 0 Å². The van der Waals surface area contributed by atoms with Gasteiger partial charge in [0, 0.05) is 18.5 Å². The van der Waals surface area contributed by atoms with E-state index in [2.05, 4.69) is 25.4 Å². The smallest absolute Gasteiger partial charge is 0.335 e. The Morgan fingerprint density at radius 2 is 1.96 bits per heavy atom. The Balaban J connectivity index is 1.48. The maximum atomic E-state index is 11.1. The van der Waals surface area contributed by atoms with Gasteiger partial charge in [-0.15, -0.1) is 0 Å². The van der Waals surface area contributed by atoms with Crippen LogP contribution in [-0.2, 0) is 6.54 Å². The summed E-state index contributed by atoms with van der Waals surface area (Å²) in [6.07, 6.45) is 4.55. The molecule has 4 aromatic heterocycles. The van der Waals surface area contributed by atoms with Crippen molar-refractivity contribution in [2.75, 3.05) is 5.32 Å². The minimum Gasteiger partial charge on any atom is -0.478 e. The van der Waals surface area contributed by atoms with Crippen molar-refractivity contribution >= 4 is 11.9 Å². The number of carboxylic acids is 1. The Labute approximate surface area is 152 Å². The van der Waals surface area contributed by atoms with Gasteiger partial charge in [-0.2, -0.15) is 0 Å². The number of furan rings is 1. The molecule has 9 nitrogen and oxygen atoms in total. The van der Waals surface area contributed by atoms with E-state index in [0.29, 0.717) is 41.1 Å². The summed E-state index contributed by atoms with van der Waals surface area (Å²) in [5, 5.41) is 16.1. The summed E-state index contributed by atoms with van der Waals surface area (Å²) in [6.45, 7) is 0.344. The largest absolute Gasteiger partial charge is 0.478 e. The lowest BCUT2D eigenvalue weighted by Crippen LogP contribution is -2.04. The maximum absolute atomic E-state index is 11.1. The molecule has 27 heavy (non-hydrogen) atoms. The van der Waals surface area contributed by atoms with Crippen molar-refractivity contribution in [3.63, 3.8) is 0 Å². The van der Waals surface area contributed by atoms with Crippen molar-refractivity contribution in [2.45, 2.75) is 6.54 Å². The first-order valence-electron chi connectivity index (χ1n) is 7.95. The van der Waals surface area contributed by atoms with Crippen molar-refractivity contribution in [1.29, 1.82) is 0 Å². The topological polar surface area (TPSA) is 127 Å². The third-order valence-corrected chi connectivity index (χ3v) is 3.68. The van der Waals surface area contributed by atoms with Gasteiger partial charge >= 0.3 is 5.97 Å². The van der Waals surface area contributed by atoms with Crippen LogP contribution in [0.1, 0.15) is 16.1 Å². The summed E-state index contributed by atoms with van der Waals surface area (Å²) in [7, 11) is 0. The van der Waals surface area contributed by atoms with Crippen molar-refractivity contribution in [3.05, 3.63) is 66.3 Å². The molecule has 0 unspecified atom stereocenters. The van der Waals surface area contributed by atoms with E-state index in [0.717, 1.165) is 0 Å². The molecule has 0 aliphatic carbocycles. The molecule has 0 aliphatic rings. The molecule has 2 N–H and O–H groups in total. The van der Waals surface area contributed by atoms with Gasteiger partial charge in [-0.3, -0.25) is 4.98 Å². The lowest BCUT2D eigenvalue weighted by molar-refractivity contribution is 0.0697. The Kier molecular flexibility index (Phi) is 4.32. The number of nitrogens with zero attached hydrogens (tertiary/aromatic N) is 4. The van der Waals surface area contributed by atoms with Gasteiger partial charge in [0.2, 0.25) is 11.7 Å². The molecular weight excluding hydrogens is 350 g/mol. The second-order valence-corrected chi connectivity index (χ2v) is 5.51. The van der Waals surface area contributed by atoms with Gasteiger partial charge < -0.3 is 19.4 Å². The van der Waals surface area contributed by atoms with Crippen molar-refractivity contribution in [2.24, 2.45) is 0 Å². The highest BCUT2D eigenvalue weighted by atomic mass is 16.5. The number of pyridine rings is 1. The lowest BCUT2D eigenvalue weighted by Gasteiger charge is -2.05. The molecule has 0 saturated carbocycles. The van der Waals surface area contributed by atoms with Crippen molar-refractivity contribution in [1.82, 2.24) is 20.1 Å². The summed E-state index contributed by atoms with van der Waals surface area (Å²) in [6, 6.07) is 9.85. The van der Waals surface area contributed by atoms with Crippen LogP contribution >= 0.6 is 0 Å². The van der Waals surface area contributed by atoms with Crippen LogP contribution in [-0.4, -0.2) is 31.2 Å². The summed E-state index contributed by atoms with van der Waals surface area (Å²) in [5.74, 6) is 0.458. The Hall–Kier alpha value is -4.01. The van der Waals surface area contributed by atoms with Gasteiger partial charge in [-0.05, 0) is 30.3 Å². The Morgan fingerprint density at radius 1 is 1.07 bits per heavy atom. The average Bonchev–Trinajstić information content (AvgIpc) is 3.38. The minimum absolute atomic E-state index is 0.140. The fraction of sp³-hybridized carbons (Fsp3) is 0.0556. The van der Waals surface area contributed by atoms with E-state index in [1.54, 1.807) is 36.7 Å². The molecule has 0 spiro atoms. The summed E-state index contributed by atoms with van der Waals surface area (Å²) < 4.78 is 10.5. The van der Waals surface area contributed by atoms with Crippen LogP contribution in [0.5, 0.6) is 0 Å². The van der Waals surface area contributed by atoms with E-state index >= 15 is 0 Å². The first kappa shape index (κ1) is 16.5. The van der Waals surface area contributed by atoms with Crippen LogP contribution in [0.25, 0.3) is 22.9 Å². The van der Waals surface area contributed by atoms with Gasteiger partial charge in [0.25, 0.3) is 0 Å². The third-order valence-electron chi connectivity index (χ3n) is 3.68. The molecule has 4 rings (SSSR count). The molecule has 0 aliphatic heterocycles. The van der Waals surface area contributed by atoms with Gasteiger partial charge in [-0.25, -0.2) is 14.8 Å². The molecule has 0 fully saturated rings.